The molecular formula is C13H19N3O4S. The van der Waals surface area contributed by atoms with E-state index in [1.807, 2.05) is 0 Å². The van der Waals surface area contributed by atoms with E-state index in [4.69, 9.17) is 10.5 Å². The maximum atomic E-state index is 11.6. The van der Waals surface area contributed by atoms with Crippen molar-refractivity contribution in [2.45, 2.75) is 19.4 Å². The Balaban J connectivity index is 2.16. The maximum Gasteiger partial charge on any atom is 0.322 e. The highest BCUT2D eigenvalue weighted by molar-refractivity contribution is 7.99. The average Bonchev–Trinajstić information content (AvgIpc) is 2.97. The normalized spacial score (nSPS) is 11.7. The van der Waals surface area contributed by atoms with Crippen LogP contribution < -0.4 is 11.1 Å². The molecule has 1 aromatic heterocycles. The summed E-state index contributed by atoms with van der Waals surface area (Å²) < 4.78 is 4.78. The number of amides is 2. The summed E-state index contributed by atoms with van der Waals surface area (Å²) in [6.07, 6.45) is 2.02. The molecule has 21 heavy (non-hydrogen) atoms. The van der Waals surface area contributed by atoms with Crippen LogP contribution in [0.4, 0.5) is 0 Å². The van der Waals surface area contributed by atoms with Crippen LogP contribution in [0, 0.1) is 0 Å². The molecule has 1 atom stereocenters. The molecule has 116 valence electrons. The van der Waals surface area contributed by atoms with Crippen molar-refractivity contribution in [1.82, 2.24) is 10.3 Å². The molecule has 0 aliphatic rings. The lowest BCUT2D eigenvalue weighted by Gasteiger charge is -2.09. The molecule has 7 nitrogen and oxygen atoms in total. The molecule has 2 amide bonds. The van der Waals surface area contributed by atoms with Gasteiger partial charge in [-0.15, -0.1) is 0 Å². The average molecular weight is 313 g/mol. The van der Waals surface area contributed by atoms with Crippen molar-refractivity contribution in [3.05, 3.63) is 24.0 Å². The second kappa shape index (κ2) is 9.19. The number of esters is 1. The van der Waals surface area contributed by atoms with Crippen LogP contribution in [0.25, 0.3) is 0 Å². The van der Waals surface area contributed by atoms with Gasteiger partial charge in [-0.05, 0) is 31.2 Å². The first kappa shape index (κ1) is 17.3. The Morgan fingerprint density at radius 1 is 1.48 bits per heavy atom. The van der Waals surface area contributed by atoms with Gasteiger partial charge in [-0.25, -0.2) is 0 Å². The zero-order chi connectivity index (χ0) is 15.7. The zero-order valence-electron chi connectivity index (χ0n) is 11.8. The summed E-state index contributed by atoms with van der Waals surface area (Å²) in [4.78, 5) is 37.1. The molecule has 8 heteroatoms. The van der Waals surface area contributed by atoms with Crippen LogP contribution in [-0.2, 0) is 14.3 Å². The molecule has 0 aliphatic heterocycles. The first-order valence-electron chi connectivity index (χ1n) is 6.52. The van der Waals surface area contributed by atoms with E-state index in [0.717, 1.165) is 0 Å². The number of H-pyrrole nitrogens is 1. The number of imide groups is 1. The van der Waals surface area contributed by atoms with Gasteiger partial charge in [0.25, 0.3) is 5.91 Å². The van der Waals surface area contributed by atoms with E-state index in [0.29, 0.717) is 24.5 Å². The third-order valence-electron chi connectivity index (χ3n) is 2.49. The van der Waals surface area contributed by atoms with Crippen molar-refractivity contribution in [3.63, 3.8) is 0 Å². The molecule has 1 aromatic rings. The standard InChI is InChI=1S/C13H19N3O4S/c1-2-20-13(19)9(14)5-7-21-8-11(17)16-12(18)10-4-3-6-15-10/h3-4,6,9,15H,2,5,7-8,14H2,1H3,(H,16,17,18). The minimum atomic E-state index is -0.680. The van der Waals surface area contributed by atoms with E-state index >= 15 is 0 Å². The van der Waals surface area contributed by atoms with Gasteiger partial charge in [-0.3, -0.25) is 19.7 Å². The van der Waals surface area contributed by atoms with Gasteiger partial charge in [-0.2, -0.15) is 11.8 Å². The van der Waals surface area contributed by atoms with E-state index in [-0.39, 0.29) is 11.7 Å². The SMILES string of the molecule is CCOC(=O)C(N)CCSCC(=O)NC(=O)c1ccc[nH]1. The lowest BCUT2D eigenvalue weighted by Crippen LogP contribution is -2.34. The number of carbonyl (C=O) groups is 3. The summed E-state index contributed by atoms with van der Waals surface area (Å²) in [5.74, 6) is -0.630. The number of nitrogens with one attached hydrogen (secondary N) is 2. The highest BCUT2D eigenvalue weighted by Gasteiger charge is 2.15. The number of ether oxygens (including phenoxy) is 1. The zero-order valence-corrected chi connectivity index (χ0v) is 12.6. The maximum absolute atomic E-state index is 11.6. The molecule has 0 saturated carbocycles. The van der Waals surface area contributed by atoms with Crippen molar-refractivity contribution in [2.24, 2.45) is 5.73 Å². The quantitative estimate of drug-likeness (QED) is 0.469. The third-order valence-corrected chi connectivity index (χ3v) is 3.48. The van der Waals surface area contributed by atoms with E-state index in [9.17, 15) is 14.4 Å². The van der Waals surface area contributed by atoms with Gasteiger partial charge in [-0.1, -0.05) is 0 Å². The van der Waals surface area contributed by atoms with E-state index < -0.39 is 17.9 Å². The number of thioether (sulfide) groups is 1. The first-order chi connectivity index (χ1) is 10.0. The molecule has 0 aliphatic carbocycles. The van der Waals surface area contributed by atoms with Crippen molar-refractivity contribution >= 4 is 29.5 Å². The lowest BCUT2D eigenvalue weighted by atomic mass is 10.2. The van der Waals surface area contributed by atoms with Gasteiger partial charge in [0.05, 0.1) is 12.4 Å². The number of aromatic amines is 1. The Bertz CT molecular complexity index is 476. The molecule has 1 rings (SSSR count). The van der Waals surface area contributed by atoms with Crippen molar-refractivity contribution in [2.75, 3.05) is 18.1 Å². The van der Waals surface area contributed by atoms with Crippen LogP contribution in [0.2, 0.25) is 0 Å². The second-order valence-corrected chi connectivity index (χ2v) is 5.27. The van der Waals surface area contributed by atoms with Gasteiger partial charge in [0, 0.05) is 6.20 Å². The van der Waals surface area contributed by atoms with Gasteiger partial charge in [0.1, 0.15) is 11.7 Å². The predicted octanol–water partition coefficient (Wildman–Crippen LogP) is 0.285. The molecule has 0 bridgehead atoms. The summed E-state index contributed by atoms with van der Waals surface area (Å²) >= 11 is 1.30. The van der Waals surface area contributed by atoms with Crippen LogP contribution in [0.5, 0.6) is 0 Å². The van der Waals surface area contributed by atoms with Gasteiger partial charge in [0.15, 0.2) is 0 Å². The summed E-state index contributed by atoms with van der Waals surface area (Å²) in [5.41, 5.74) is 5.95. The lowest BCUT2D eigenvalue weighted by molar-refractivity contribution is -0.144. The summed E-state index contributed by atoms with van der Waals surface area (Å²) in [7, 11) is 0. The monoisotopic (exact) mass is 313 g/mol. The highest BCUT2D eigenvalue weighted by atomic mass is 32.2. The van der Waals surface area contributed by atoms with E-state index in [2.05, 4.69) is 10.3 Å². The second-order valence-electron chi connectivity index (χ2n) is 4.16. The first-order valence-corrected chi connectivity index (χ1v) is 7.67. The number of hydrogen-bond acceptors (Lipinski definition) is 6. The smallest absolute Gasteiger partial charge is 0.322 e. The molecule has 0 spiro atoms. The molecule has 1 unspecified atom stereocenters. The predicted molar refractivity (Wildman–Crippen MR) is 79.8 cm³/mol. The van der Waals surface area contributed by atoms with Gasteiger partial charge < -0.3 is 15.5 Å². The Morgan fingerprint density at radius 3 is 2.86 bits per heavy atom. The highest BCUT2D eigenvalue weighted by Crippen LogP contribution is 2.05. The Hall–Kier alpha value is -1.80. The van der Waals surface area contributed by atoms with Crippen LogP contribution in [-0.4, -0.2) is 46.9 Å². The van der Waals surface area contributed by atoms with Gasteiger partial charge in [0.2, 0.25) is 5.91 Å². The Morgan fingerprint density at radius 2 is 2.24 bits per heavy atom. The Labute approximate surface area is 127 Å². The van der Waals surface area contributed by atoms with Crippen LogP contribution in [0.15, 0.2) is 18.3 Å². The van der Waals surface area contributed by atoms with Crippen LogP contribution in [0.1, 0.15) is 23.8 Å². The minimum absolute atomic E-state index is 0.127. The molecule has 0 fully saturated rings. The summed E-state index contributed by atoms with van der Waals surface area (Å²) in [6, 6.07) is 2.57. The number of nitrogens with two attached hydrogens (primary N) is 1. The number of aromatic nitrogens is 1. The van der Waals surface area contributed by atoms with Crippen molar-refractivity contribution in [1.29, 1.82) is 0 Å². The molecule has 4 N–H and O–H groups in total. The summed E-state index contributed by atoms with van der Waals surface area (Å²) in [5, 5.41) is 2.26. The molecule has 0 radical (unpaired) electrons. The molecule has 0 saturated heterocycles. The summed E-state index contributed by atoms with van der Waals surface area (Å²) in [6.45, 7) is 2.01. The molecular weight excluding hydrogens is 294 g/mol. The largest absolute Gasteiger partial charge is 0.465 e. The number of carbonyl (C=O) groups excluding carboxylic acids is 3. The number of rotatable bonds is 8. The molecule has 0 aromatic carbocycles. The topological polar surface area (TPSA) is 114 Å². The fourth-order valence-corrected chi connectivity index (χ4v) is 2.27. The minimum Gasteiger partial charge on any atom is -0.465 e. The van der Waals surface area contributed by atoms with E-state index in [1.54, 1.807) is 25.3 Å². The van der Waals surface area contributed by atoms with E-state index in [1.165, 1.54) is 11.8 Å². The molecule has 1 heterocycles. The Kier molecular flexibility index (Phi) is 7.55. The van der Waals surface area contributed by atoms with Gasteiger partial charge >= 0.3 is 5.97 Å². The van der Waals surface area contributed by atoms with Crippen LogP contribution in [0.3, 0.4) is 0 Å². The number of hydrogen-bond donors (Lipinski definition) is 3. The third kappa shape index (κ3) is 6.46. The fraction of sp³-hybridized carbons (Fsp3) is 0.462. The van der Waals surface area contributed by atoms with Crippen molar-refractivity contribution < 1.29 is 19.1 Å². The van der Waals surface area contributed by atoms with Crippen LogP contribution >= 0.6 is 11.8 Å². The van der Waals surface area contributed by atoms with Crippen molar-refractivity contribution in [3.8, 4) is 0 Å². The fourth-order valence-electron chi connectivity index (χ4n) is 1.44.